The Balaban J connectivity index is 2.35. The number of thiophene rings is 1. The van der Waals surface area contributed by atoms with E-state index in [-0.39, 0.29) is 11.8 Å². The van der Waals surface area contributed by atoms with E-state index < -0.39 is 0 Å². The van der Waals surface area contributed by atoms with Gasteiger partial charge in [0.2, 0.25) is 0 Å². The lowest BCUT2D eigenvalue weighted by Gasteiger charge is -2.11. The molecule has 2 aromatic rings. The minimum atomic E-state index is -0.155. The van der Waals surface area contributed by atoms with Crippen LogP contribution in [0.15, 0.2) is 29.6 Å². The summed E-state index contributed by atoms with van der Waals surface area (Å²) >= 11 is 5.00. The molecular formula is C12H12BrNOS. The van der Waals surface area contributed by atoms with E-state index in [1.54, 1.807) is 18.4 Å². The fourth-order valence-electron chi connectivity index (χ4n) is 1.59. The molecule has 0 saturated carbocycles. The zero-order chi connectivity index (χ0) is 11.5. The highest BCUT2D eigenvalue weighted by molar-refractivity contribution is 9.09. The number of rotatable bonds is 4. The van der Waals surface area contributed by atoms with Crippen LogP contribution in [0.3, 0.4) is 0 Å². The second kappa shape index (κ2) is 5.08. The Hall–Kier alpha value is -0.710. The first kappa shape index (κ1) is 11.8. The number of fused-ring (bicyclic) bond motifs is 1. The van der Waals surface area contributed by atoms with Crippen molar-refractivity contribution in [2.24, 2.45) is 0 Å². The average Bonchev–Trinajstić information content (AvgIpc) is 2.77. The first-order chi connectivity index (χ1) is 7.76. The van der Waals surface area contributed by atoms with Gasteiger partial charge in [-0.2, -0.15) is 0 Å². The fraction of sp³-hybridized carbons (Fsp3) is 0.250. The summed E-state index contributed by atoms with van der Waals surface area (Å²) in [6.45, 7) is 0. The SMILES string of the molecule is CNC(CBr)C(=O)c1ccc2ccsc2c1. The number of ketones is 1. The predicted octanol–water partition coefficient (Wildman–Crippen LogP) is 3.07. The van der Waals surface area contributed by atoms with E-state index in [9.17, 15) is 4.79 Å². The van der Waals surface area contributed by atoms with Crippen LogP contribution in [0.4, 0.5) is 0 Å². The third kappa shape index (κ3) is 2.19. The second-order valence-electron chi connectivity index (χ2n) is 3.53. The molecule has 0 fully saturated rings. The molecule has 0 aliphatic heterocycles. The zero-order valence-electron chi connectivity index (χ0n) is 8.87. The Morgan fingerprint density at radius 3 is 3.00 bits per heavy atom. The number of carbonyl (C=O) groups is 1. The summed E-state index contributed by atoms with van der Waals surface area (Å²) in [5.74, 6) is 0.134. The van der Waals surface area contributed by atoms with E-state index in [4.69, 9.17) is 0 Å². The van der Waals surface area contributed by atoms with Crippen molar-refractivity contribution in [2.75, 3.05) is 12.4 Å². The average molecular weight is 298 g/mol. The van der Waals surface area contributed by atoms with Crippen LogP contribution in [0.5, 0.6) is 0 Å². The van der Waals surface area contributed by atoms with Crippen LogP contribution in [0.1, 0.15) is 10.4 Å². The molecule has 84 valence electrons. The van der Waals surface area contributed by atoms with E-state index in [1.165, 1.54) is 5.39 Å². The van der Waals surface area contributed by atoms with Crippen LogP contribution in [-0.2, 0) is 0 Å². The molecule has 0 amide bonds. The number of benzene rings is 1. The highest BCUT2D eigenvalue weighted by atomic mass is 79.9. The van der Waals surface area contributed by atoms with E-state index in [2.05, 4.69) is 27.3 Å². The molecule has 1 aromatic heterocycles. The first-order valence-electron chi connectivity index (χ1n) is 5.01. The van der Waals surface area contributed by atoms with Gasteiger partial charge in [0.25, 0.3) is 0 Å². The van der Waals surface area contributed by atoms with Crippen molar-refractivity contribution >= 4 is 43.1 Å². The molecule has 0 bridgehead atoms. The molecule has 0 saturated heterocycles. The number of nitrogens with one attached hydrogen (secondary N) is 1. The van der Waals surface area contributed by atoms with Gasteiger partial charge in [-0.3, -0.25) is 4.79 Å². The lowest BCUT2D eigenvalue weighted by atomic mass is 10.0. The van der Waals surface area contributed by atoms with Crippen LogP contribution < -0.4 is 5.32 Å². The van der Waals surface area contributed by atoms with Gasteiger partial charge in [0.1, 0.15) is 0 Å². The van der Waals surface area contributed by atoms with Crippen molar-refractivity contribution < 1.29 is 4.79 Å². The number of halogens is 1. The molecule has 1 N–H and O–H groups in total. The molecule has 2 nitrogen and oxygen atoms in total. The number of alkyl halides is 1. The highest BCUT2D eigenvalue weighted by Gasteiger charge is 2.17. The van der Waals surface area contributed by atoms with Crippen molar-refractivity contribution in [2.45, 2.75) is 6.04 Å². The van der Waals surface area contributed by atoms with Gasteiger partial charge in [-0.15, -0.1) is 11.3 Å². The molecule has 1 unspecified atom stereocenters. The van der Waals surface area contributed by atoms with Crippen molar-refractivity contribution in [3.8, 4) is 0 Å². The minimum Gasteiger partial charge on any atom is -0.310 e. The summed E-state index contributed by atoms with van der Waals surface area (Å²) in [6, 6.07) is 7.77. The van der Waals surface area contributed by atoms with Crippen LogP contribution in [-0.4, -0.2) is 24.2 Å². The van der Waals surface area contributed by atoms with Gasteiger partial charge in [-0.25, -0.2) is 0 Å². The molecule has 0 spiro atoms. The van der Waals surface area contributed by atoms with Crippen molar-refractivity contribution in [1.29, 1.82) is 0 Å². The number of likely N-dealkylation sites (N-methyl/N-ethyl adjacent to an activating group) is 1. The number of hydrogen-bond acceptors (Lipinski definition) is 3. The molecule has 1 heterocycles. The Morgan fingerprint density at radius 1 is 1.50 bits per heavy atom. The van der Waals surface area contributed by atoms with Crippen molar-refractivity contribution in [3.05, 3.63) is 35.2 Å². The highest BCUT2D eigenvalue weighted by Crippen LogP contribution is 2.22. The van der Waals surface area contributed by atoms with Gasteiger partial charge >= 0.3 is 0 Å². The monoisotopic (exact) mass is 297 g/mol. The third-order valence-electron chi connectivity index (χ3n) is 2.56. The summed E-state index contributed by atoms with van der Waals surface area (Å²) in [5.41, 5.74) is 0.772. The van der Waals surface area contributed by atoms with Crippen LogP contribution >= 0.6 is 27.3 Å². The van der Waals surface area contributed by atoms with Crippen molar-refractivity contribution in [1.82, 2.24) is 5.32 Å². The molecule has 16 heavy (non-hydrogen) atoms. The molecule has 0 radical (unpaired) electrons. The quantitative estimate of drug-likeness (QED) is 0.694. The normalized spacial score (nSPS) is 12.9. The number of Topliss-reactive ketones (excluding diaryl/α,β-unsaturated/α-hetero) is 1. The zero-order valence-corrected chi connectivity index (χ0v) is 11.3. The Bertz CT molecular complexity index is 504. The Kier molecular flexibility index (Phi) is 3.74. The van der Waals surface area contributed by atoms with E-state index in [0.717, 1.165) is 10.3 Å². The lowest BCUT2D eigenvalue weighted by Crippen LogP contribution is -2.35. The minimum absolute atomic E-state index is 0.134. The summed E-state index contributed by atoms with van der Waals surface area (Å²) in [6.07, 6.45) is 0. The van der Waals surface area contributed by atoms with Crippen molar-refractivity contribution in [3.63, 3.8) is 0 Å². The van der Waals surface area contributed by atoms with Crippen LogP contribution in [0.25, 0.3) is 10.1 Å². The summed E-state index contributed by atoms with van der Waals surface area (Å²) in [5, 5.41) is 6.87. The largest absolute Gasteiger partial charge is 0.310 e. The first-order valence-corrected chi connectivity index (χ1v) is 7.01. The molecule has 0 aliphatic rings. The van der Waals surface area contributed by atoms with Gasteiger partial charge in [0.05, 0.1) is 6.04 Å². The van der Waals surface area contributed by atoms with Gasteiger partial charge in [-0.05, 0) is 29.9 Å². The summed E-state index contributed by atoms with van der Waals surface area (Å²) in [7, 11) is 1.80. The number of hydrogen-bond donors (Lipinski definition) is 1. The van der Waals surface area contributed by atoms with Crippen LogP contribution in [0.2, 0.25) is 0 Å². The molecule has 0 aliphatic carbocycles. The molecule has 4 heteroatoms. The maximum Gasteiger partial charge on any atom is 0.180 e. The summed E-state index contributed by atoms with van der Waals surface area (Å²) in [4.78, 5) is 12.1. The second-order valence-corrected chi connectivity index (χ2v) is 5.13. The fourth-order valence-corrected chi connectivity index (χ4v) is 3.03. The van der Waals surface area contributed by atoms with Gasteiger partial charge in [0, 0.05) is 15.6 Å². The van der Waals surface area contributed by atoms with Crippen LogP contribution in [0, 0.1) is 0 Å². The predicted molar refractivity (Wildman–Crippen MR) is 72.8 cm³/mol. The standard InChI is InChI=1S/C12H12BrNOS/c1-14-10(7-13)12(15)9-3-2-8-4-5-16-11(8)6-9/h2-6,10,14H,7H2,1H3. The maximum absolute atomic E-state index is 12.1. The molecule has 2 rings (SSSR count). The third-order valence-corrected chi connectivity index (χ3v) is 4.09. The van der Waals surface area contributed by atoms with E-state index in [1.807, 2.05) is 23.6 Å². The van der Waals surface area contributed by atoms with E-state index in [0.29, 0.717) is 5.33 Å². The Labute approximate surface area is 107 Å². The topological polar surface area (TPSA) is 29.1 Å². The van der Waals surface area contributed by atoms with E-state index >= 15 is 0 Å². The summed E-state index contributed by atoms with van der Waals surface area (Å²) < 4.78 is 1.16. The lowest BCUT2D eigenvalue weighted by molar-refractivity contribution is 0.0958. The smallest absolute Gasteiger partial charge is 0.180 e. The molecular weight excluding hydrogens is 286 g/mol. The molecule has 1 aromatic carbocycles. The van der Waals surface area contributed by atoms with Gasteiger partial charge in [0.15, 0.2) is 5.78 Å². The maximum atomic E-state index is 12.1. The molecule has 1 atom stereocenters. The Morgan fingerprint density at radius 2 is 2.31 bits per heavy atom. The van der Waals surface area contributed by atoms with Gasteiger partial charge in [-0.1, -0.05) is 28.1 Å². The van der Waals surface area contributed by atoms with Gasteiger partial charge < -0.3 is 5.32 Å². The number of carbonyl (C=O) groups excluding carboxylic acids is 1.